The predicted octanol–water partition coefficient (Wildman–Crippen LogP) is 1.83. The van der Waals surface area contributed by atoms with Crippen molar-refractivity contribution in [1.29, 1.82) is 0 Å². The summed E-state index contributed by atoms with van der Waals surface area (Å²) in [6.07, 6.45) is 0.419. The SMILES string of the molecule is O=C(O)C1OCC(=O)N(Cc2ccco2)C1c1ccccc1. The van der Waals surface area contributed by atoms with Crippen molar-refractivity contribution in [2.75, 3.05) is 6.61 Å². The second kappa shape index (κ2) is 6.03. The summed E-state index contributed by atoms with van der Waals surface area (Å²) in [4.78, 5) is 25.2. The van der Waals surface area contributed by atoms with Crippen LogP contribution in [0.4, 0.5) is 0 Å². The lowest BCUT2D eigenvalue weighted by Gasteiger charge is -2.39. The number of carbonyl (C=O) groups is 2. The summed E-state index contributed by atoms with van der Waals surface area (Å²) in [7, 11) is 0. The zero-order chi connectivity index (χ0) is 15.5. The molecule has 1 fully saturated rings. The molecule has 1 amide bonds. The van der Waals surface area contributed by atoms with Gasteiger partial charge in [-0.25, -0.2) is 4.79 Å². The fourth-order valence-electron chi connectivity index (χ4n) is 2.62. The van der Waals surface area contributed by atoms with Crippen LogP contribution in [0.2, 0.25) is 0 Å². The summed E-state index contributed by atoms with van der Waals surface area (Å²) in [6, 6.07) is 11.8. The Balaban J connectivity index is 1.98. The van der Waals surface area contributed by atoms with Gasteiger partial charge in [0, 0.05) is 0 Å². The highest BCUT2D eigenvalue weighted by atomic mass is 16.5. The molecule has 0 bridgehead atoms. The first-order valence-corrected chi connectivity index (χ1v) is 6.88. The van der Waals surface area contributed by atoms with Crippen LogP contribution >= 0.6 is 0 Å². The number of aliphatic carboxylic acids is 1. The zero-order valence-corrected chi connectivity index (χ0v) is 11.7. The van der Waals surface area contributed by atoms with E-state index >= 15 is 0 Å². The minimum Gasteiger partial charge on any atom is -0.479 e. The quantitative estimate of drug-likeness (QED) is 0.932. The minimum atomic E-state index is -1.10. The van der Waals surface area contributed by atoms with Gasteiger partial charge in [-0.3, -0.25) is 4.79 Å². The Morgan fingerprint density at radius 1 is 1.23 bits per heavy atom. The number of amides is 1. The number of carbonyl (C=O) groups excluding carboxylic acids is 1. The van der Waals surface area contributed by atoms with E-state index in [0.717, 1.165) is 5.56 Å². The van der Waals surface area contributed by atoms with Crippen molar-refractivity contribution in [2.24, 2.45) is 0 Å². The van der Waals surface area contributed by atoms with E-state index < -0.39 is 18.1 Å². The van der Waals surface area contributed by atoms with E-state index in [0.29, 0.717) is 5.76 Å². The number of hydrogen-bond acceptors (Lipinski definition) is 4. The first kappa shape index (κ1) is 14.3. The monoisotopic (exact) mass is 301 g/mol. The molecule has 0 spiro atoms. The maximum atomic E-state index is 12.2. The molecule has 1 saturated heterocycles. The Morgan fingerprint density at radius 3 is 2.64 bits per heavy atom. The van der Waals surface area contributed by atoms with Gasteiger partial charge in [-0.2, -0.15) is 0 Å². The second-order valence-electron chi connectivity index (χ2n) is 5.03. The topological polar surface area (TPSA) is 80.0 Å². The lowest BCUT2D eigenvalue weighted by Crippen LogP contribution is -2.51. The third-order valence-electron chi connectivity index (χ3n) is 3.62. The van der Waals surface area contributed by atoms with Crippen molar-refractivity contribution < 1.29 is 23.8 Å². The van der Waals surface area contributed by atoms with Crippen molar-refractivity contribution in [3.8, 4) is 0 Å². The van der Waals surface area contributed by atoms with Crippen molar-refractivity contribution in [3.63, 3.8) is 0 Å². The van der Waals surface area contributed by atoms with Crippen molar-refractivity contribution >= 4 is 11.9 Å². The van der Waals surface area contributed by atoms with Gasteiger partial charge in [-0.15, -0.1) is 0 Å². The van der Waals surface area contributed by atoms with Crippen molar-refractivity contribution in [2.45, 2.75) is 18.7 Å². The summed E-state index contributed by atoms with van der Waals surface area (Å²) in [6.45, 7) is -0.0421. The van der Waals surface area contributed by atoms with E-state index in [4.69, 9.17) is 9.15 Å². The van der Waals surface area contributed by atoms with Crippen LogP contribution in [0.15, 0.2) is 53.1 Å². The van der Waals surface area contributed by atoms with Crippen LogP contribution < -0.4 is 0 Å². The lowest BCUT2D eigenvalue weighted by molar-refractivity contribution is -0.174. The van der Waals surface area contributed by atoms with E-state index in [1.807, 2.05) is 6.07 Å². The largest absolute Gasteiger partial charge is 0.479 e. The molecule has 0 radical (unpaired) electrons. The normalized spacial score (nSPS) is 21.8. The predicted molar refractivity (Wildman–Crippen MR) is 75.8 cm³/mol. The molecule has 1 N–H and O–H groups in total. The Morgan fingerprint density at radius 2 is 2.00 bits per heavy atom. The molecule has 2 aromatic rings. The molecule has 3 rings (SSSR count). The van der Waals surface area contributed by atoms with Crippen LogP contribution in [0, 0.1) is 0 Å². The average Bonchev–Trinajstić information content (AvgIpc) is 3.03. The highest BCUT2D eigenvalue weighted by Gasteiger charge is 2.42. The molecule has 0 saturated carbocycles. The van der Waals surface area contributed by atoms with Gasteiger partial charge in [0.15, 0.2) is 6.10 Å². The van der Waals surface area contributed by atoms with Crippen LogP contribution in [0.5, 0.6) is 0 Å². The number of hydrogen-bond donors (Lipinski definition) is 1. The van der Waals surface area contributed by atoms with Gasteiger partial charge in [0.05, 0.1) is 18.8 Å². The van der Waals surface area contributed by atoms with Crippen molar-refractivity contribution in [3.05, 3.63) is 60.1 Å². The first-order chi connectivity index (χ1) is 10.7. The highest BCUT2D eigenvalue weighted by molar-refractivity contribution is 5.82. The van der Waals surface area contributed by atoms with Gasteiger partial charge in [0.2, 0.25) is 5.91 Å². The number of benzene rings is 1. The Hall–Kier alpha value is -2.60. The fourth-order valence-corrected chi connectivity index (χ4v) is 2.62. The molecule has 1 aliphatic rings. The minimum absolute atomic E-state index is 0.207. The molecule has 114 valence electrons. The van der Waals surface area contributed by atoms with Gasteiger partial charge < -0.3 is 19.2 Å². The van der Waals surface area contributed by atoms with Crippen LogP contribution in [-0.2, 0) is 20.9 Å². The number of morpholine rings is 1. The summed E-state index contributed by atoms with van der Waals surface area (Å²) in [5.41, 5.74) is 0.717. The van der Waals surface area contributed by atoms with Crippen LogP contribution in [0.25, 0.3) is 0 Å². The van der Waals surface area contributed by atoms with Gasteiger partial charge in [0.25, 0.3) is 0 Å². The van der Waals surface area contributed by atoms with Crippen molar-refractivity contribution in [1.82, 2.24) is 4.90 Å². The summed E-state index contributed by atoms with van der Waals surface area (Å²) in [5, 5.41) is 9.41. The second-order valence-corrected chi connectivity index (χ2v) is 5.03. The smallest absolute Gasteiger partial charge is 0.335 e. The zero-order valence-electron chi connectivity index (χ0n) is 11.7. The highest BCUT2D eigenvalue weighted by Crippen LogP contribution is 2.31. The molecule has 1 aromatic heterocycles. The van der Waals surface area contributed by atoms with E-state index in [9.17, 15) is 14.7 Å². The molecular weight excluding hydrogens is 286 g/mol. The van der Waals surface area contributed by atoms with E-state index in [-0.39, 0.29) is 19.1 Å². The summed E-state index contributed by atoms with van der Waals surface area (Å²) >= 11 is 0. The molecular formula is C16H15NO5. The van der Waals surface area contributed by atoms with Crippen LogP contribution in [-0.4, -0.2) is 34.6 Å². The molecule has 22 heavy (non-hydrogen) atoms. The number of carboxylic acid groups (broad SMARTS) is 1. The lowest BCUT2D eigenvalue weighted by atomic mass is 9.97. The maximum absolute atomic E-state index is 12.2. The number of ether oxygens (including phenoxy) is 1. The summed E-state index contributed by atoms with van der Waals surface area (Å²) in [5.74, 6) is -0.756. The van der Waals surface area contributed by atoms with Gasteiger partial charge in [-0.1, -0.05) is 30.3 Å². The number of furan rings is 1. The van der Waals surface area contributed by atoms with Crippen LogP contribution in [0.3, 0.4) is 0 Å². The van der Waals surface area contributed by atoms with E-state index in [2.05, 4.69) is 0 Å². The van der Waals surface area contributed by atoms with Gasteiger partial charge in [-0.05, 0) is 17.7 Å². The van der Waals surface area contributed by atoms with Gasteiger partial charge in [0.1, 0.15) is 12.4 Å². The average molecular weight is 301 g/mol. The molecule has 2 heterocycles. The number of nitrogens with zero attached hydrogens (tertiary/aromatic N) is 1. The Kier molecular flexibility index (Phi) is 3.93. The third kappa shape index (κ3) is 2.73. The maximum Gasteiger partial charge on any atom is 0.335 e. The molecule has 1 aromatic carbocycles. The van der Waals surface area contributed by atoms with Crippen LogP contribution in [0.1, 0.15) is 17.4 Å². The Bertz CT molecular complexity index is 652. The fraction of sp³-hybridized carbons (Fsp3) is 0.250. The number of rotatable bonds is 4. The van der Waals surface area contributed by atoms with E-state index in [1.54, 1.807) is 36.4 Å². The Labute approximate surface area is 126 Å². The van der Waals surface area contributed by atoms with Gasteiger partial charge >= 0.3 is 5.97 Å². The molecule has 2 atom stereocenters. The molecule has 2 unspecified atom stereocenters. The molecule has 1 aliphatic heterocycles. The summed E-state index contributed by atoms with van der Waals surface area (Å²) < 4.78 is 10.5. The molecule has 0 aliphatic carbocycles. The molecule has 6 nitrogen and oxygen atoms in total. The first-order valence-electron chi connectivity index (χ1n) is 6.88. The number of carboxylic acids is 1. The third-order valence-corrected chi connectivity index (χ3v) is 3.62. The molecule has 6 heteroatoms. The standard InChI is InChI=1S/C16H15NO5/c18-13-10-22-15(16(19)20)14(11-5-2-1-3-6-11)17(13)9-12-7-4-8-21-12/h1-8,14-15H,9-10H2,(H,19,20). The van der Waals surface area contributed by atoms with E-state index in [1.165, 1.54) is 11.2 Å².